The first kappa shape index (κ1) is 14.7. The van der Waals surface area contributed by atoms with Gasteiger partial charge in [0.25, 0.3) is 0 Å². The number of aryl methyl sites for hydroxylation is 1. The van der Waals surface area contributed by atoms with E-state index >= 15 is 0 Å². The number of benzene rings is 1. The van der Waals surface area contributed by atoms with Gasteiger partial charge in [-0.1, -0.05) is 11.6 Å². The number of anilines is 1. The Morgan fingerprint density at radius 3 is 2.50 bits per heavy atom. The average molecular weight is 292 g/mol. The minimum Gasteiger partial charge on any atom is -0.397 e. The van der Waals surface area contributed by atoms with Gasteiger partial charge in [-0.25, -0.2) is 8.42 Å². The van der Waals surface area contributed by atoms with Gasteiger partial charge in [0.15, 0.2) is 0 Å². The molecule has 0 radical (unpaired) electrons. The molecule has 4 N–H and O–H groups in total. The Kier molecular flexibility index (Phi) is 4.20. The molecular formula is C10H14ClN3O3S. The van der Waals surface area contributed by atoms with Crippen LogP contribution in [0.25, 0.3) is 0 Å². The molecule has 0 heterocycles. The van der Waals surface area contributed by atoms with Crippen molar-refractivity contribution in [2.45, 2.75) is 11.8 Å². The SMILES string of the molecule is Cc1cc(Cl)c(N)cc1S(=O)(=O)N(C)CC(N)=O. The number of nitrogen functional groups attached to an aromatic ring is 1. The number of hydrogen-bond acceptors (Lipinski definition) is 4. The number of carbonyl (C=O) groups excluding carboxylic acids is 1. The second kappa shape index (κ2) is 5.13. The van der Waals surface area contributed by atoms with Gasteiger partial charge in [0.05, 0.1) is 22.2 Å². The molecule has 18 heavy (non-hydrogen) atoms. The number of halogens is 1. The molecule has 0 aromatic heterocycles. The van der Waals surface area contributed by atoms with E-state index in [1.54, 1.807) is 6.92 Å². The van der Waals surface area contributed by atoms with E-state index < -0.39 is 22.5 Å². The van der Waals surface area contributed by atoms with Gasteiger partial charge in [-0.15, -0.1) is 0 Å². The van der Waals surface area contributed by atoms with Crippen molar-refractivity contribution in [1.29, 1.82) is 0 Å². The highest BCUT2D eigenvalue weighted by molar-refractivity contribution is 7.89. The van der Waals surface area contributed by atoms with E-state index in [1.165, 1.54) is 19.2 Å². The van der Waals surface area contributed by atoms with Crippen LogP contribution in [0.3, 0.4) is 0 Å². The van der Waals surface area contributed by atoms with Crippen LogP contribution in [-0.2, 0) is 14.8 Å². The number of amides is 1. The Morgan fingerprint density at radius 1 is 1.44 bits per heavy atom. The lowest BCUT2D eigenvalue weighted by Gasteiger charge is -2.17. The van der Waals surface area contributed by atoms with Crippen molar-refractivity contribution in [3.63, 3.8) is 0 Å². The highest BCUT2D eigenvalue weighted by Crippen LogP contribution is 2.27. The predicted octanol–water partition coefficient (Wildman–Crippen LogP) is 0.336. The summed E-state index contributed by atoms with van der Waals surface area (Å²) in [6.45, 7) is 1.20. The minimum absolute atomic E-state index is 0.00755. The Hall–Kier alpha value is -1.31. The van der Waals surface area contributed by atoms with Crippen LogP contribution in [0.15, 0.2) is 17.0 Å². The maximum Gasteiger partial charge on any atom is 0.243 e. The summed E-state index contributed by atoms with van der Waals surface area (Å²) in [7, 11) is -2.54. The summed E-state index contributed by atoms with van der Waals surface area (Å²) in [5.74, 6) is -0.735. The van der Waals surface area contributed by atoms with Gasteiger partial charge in [-0.05, 0) is 24.6 Å². The molecule has 0 aliphatic heterocycles. The van der Waals surface area contributed by atoms with Crippen molar-refractivity contribution in [2.24, 2.45) is 5.73 Å². The molecule has 6 nitrogen and oxygen atoms in total. The van der Waals surface area contributed by atoms with Crippen molar-refractivity contribution in [3.05, 3.63) is 22.7 Å². The number of sulfonamides is 1. The Labute approximate surface area is 111 Å². The van der Waals surface area contributed by atoms with Crippen molar-refractivity contribution in [3.8, 4) is 0 Å². The van der Waals surface area contributed by atoms with E-state index in [0.29, 0.717) is 5.56 Å². The van der Waals surface area contributed by atoms with Crippen LogP contribution in [0.2, 0.25) is 5.02 Å². The maximum atomic E-state index is 12.2. The molecule has 0 atom stereocenters. The lowest BCUT2D eigenvalue weighted by molar-refractivity contribution is -0.118. The number of hydrogen-bond donors (Lipinski definition) is 2. The largest absolute Gasteiger partial charge is 0.397 e. The van der Waals surface area contributed by atoms with Gasteiger partial charge in [0, 0.05) is 7.05 Å². The Morgan fingerprint density at radius 2 is 2.00 bits per heavy atom. The molecule has 0 aliphatic rings. The molecule has 1 aromatic carbocycles. The summed E-state index contributed by atoms with van der Waals surface area (Å²) in [4.78, 5) is 10.8. The van der Waals surface area contributed by atoms with Gasteiger partial charge in [0.1, 0.15) is 0 Å². The number of nitrogens with two attached hydrogens (primary N) is 2. The van der Waals surface area contributed by atoms with Gasteiger partial charge in [-0.3, -0.25) is 4.79 Å². The van der Waals surface area contributed by atoms with Crippen molar-refractivity contribution in [1.82, 2.24) is 4.31 Å². The molecule has 0 unspecified atom stereocenters. The van der Waals surface area contributed by atoms with E-state index in [9.17, 15) is 13.2 Å². The fourth-order valence-electron chi connectivity index (χ4n) is 1.42. The summed E-state index contributed by atoms with van der Waals surface area (Å²) >= 11 is 5.79. The predicted molar refractivity (Wildman–Crippen MR) is 69.6 cm³/mol. The molecule has 8 heteroatoms. The van der Waals surface area contributed by atoms with Gasteiger partial charge in [-0.2, -0.15) is 4.31 Å². The third-order valence-electron chi connectivity index (χ3n) is 2.36. The third kappa shape index (κ3) is 2.92. The molecule has 0 saturated heterocycles. The highest BCUT2D eigenvalue weighted by atomic mass is 35.5. The van der Waals surface area contributed by atoms with Crippen LogP contribution in [-0.4, -0.2) is 32.2 Å². The van der Waals surface area contributed by atoms with Crippen LogP contribution in [0.1, 0.15) is 5.56 Å². The van der Waals surface area contributed by atoms with E-state index in [4.69, 9.17) is 23.1 Å². The molecule has 1 amide bonds. The highest BCUT2D eigenvalue weighted by Gasteiger charge is 2.24. The fourth-order valence-corrected chi connectivity index (χ4v) is 3.01. The molecule has 0 bridgehead atoms. The summed E-state index contributed by atoms with van der Waals surface area (Å²) in [6.07, 6.45) is 0. The first-order valence-electron chi connectivity index (χ1n) is 4.96. The molecule has 1 aromatic rings. The number of nitrogens with zero attached hydrogens (tertiary/aromatic N) is 1. The molecule has 0 fully saturated rings. The Balaban J connectivity index is 3.29. The lowest BCUT2D eigenvalue weighted by atomic mass is 10.2. The summed E-state index contributed by atoms with van der Waals surface area (Å²) in [5, 5.41) is 0.281. The van der Waals surface area contributed by atoms with E-state index in [2.05, 4.69) is 0 Å². The monoisotopic (exact) mass is 291 g/mol. The average Bonchev–Trinajstić information content (AvgIpc) is 2.22. The van der Waals surface area contributed by atoms with Crippen molar-refractivity contribution >= 4 is 33.2 Å². The third-order valence-corrected chi connectivity index (χ3v) is 4.63. The summed E-state index contributed by atoms with van der Waals surface area (Å²) < 4.78 is 25.2. The molecule has 0 aliphatic carbocycles. The number of likely N-dealkylation sites (N-methyl/N-ethyl adjacent to an activating group) is 1. The zero-order chi connectivity index (χ0) is 14.1. The van der Waals surface area contributed by atoms with Crippen molar-refractivity contribution in [2.75, 3.05) is 19.3 Å². The summed E-state index contributed by atoms with van der Waals surface area (Å²) in [5.41, 5.74) is 11.2. The number of primary amides is 1. The molecule has 0 spiro atoms. The van der Waals surface area contributed by atoms with Gasteiger partial charge < -0.3 is 11.5 Å². The summed E-state index contributed by atoms with van der Waals surface area (Å²) in [6, 6.07) is 2.73. The van der Waals surface area contributed by atoms with Crippen LogP contribution in [0, 0.1) is 6.92 Å². The quantitative estimate of drug-likeness (QED) is 0.780. The number of rotatable bonds is 4. The van der Waals surface area contributed by atoms with E-state index in [-0.39, 0.29) is 15.6 Å². The van der Waals surface area contributed by atoms with Crippen LogP contribution in [0.5, 0.6) is 0 Å². The minimum atomic E-state index is -3.81. The van der Waals surface area contributed by atoms with Gasteiger partial charge >= 0.3 is 0 Å². The lowest BCUT2D eigenvalue weighted by Crippen LogP contribution is -2.35. The fraction of sp³-hybridized carbons (Fsp3) is 0.300. The van der Waals surface area contributed by atoms with Crippen molar-refractivity contribution < 1.29 is 13.2 Å². The molecule has 100 valence electrons. The molecular weight excluding hydrogens is 278 g/mol. The first-order valence-corrected chi connectivity index (χ1v) is 6.78. The normalized spacial score (nSPS) is 11.8. The van der Waals surface area contributed by atoms with Gasteiger partial charge in [0.2, 0.25) is 15.9 Å². The first-order chi connectivity index (χ1) is 8.16. The number of carbonyl (C=O) groups is 1. The van der Waals surface area contributed by atoms with Crippen LogP contribution >= 0.6 is 11.6 Å². The van der Waals surface area contributed by atoms with E-state index in [0.717, 1.165) is 4.31 Å². The Bertz CT molecular complexity index is 586. The second-order valence-corrected chi connectivity index (χ2v) is 6.29. The molecule has 0 saturated carbocycles. The standard InChI is InChI=1S/C10H14ClN3O3S/c1-6-3-7(11)8(12)4-9(6)18(16,17)14(2)5-10(13)15/h3-4H,5,12H2,1-2H3,(H2,13,15). The smallest absolute Gasteiger partial charge is 0.243 e. The van der Waals surface area contributed by atoms with Crippen LogP contribution < -0.4 is 11.5 Å². The maximum absolute atomic E-state index is 12.2. The molecule has 1 rings (SSSR count). The second-order valence-electron chi connectivity index (χ2n) is 3.87. The van der Waals surface area contributed by atoms with E-state index in [1.807, 2.05) is 0 Å². The van der Waals surface area contributed by atoms with Crippen LogP contribution in [0.4, 0.5) is 5.69 Å². The zero-order valence-electron chi connectivity index (χ0n) is 9.97. The zero-order valence-corrected chi connectivity index (χ0v) is 11.5. The topological polar surface area (TPSA) is 106 Å².